The Hall–Kier alpha value is -2.84. The van der Waals surface area contributed by atoms with Crippen LogP contribution in [0, 0.1) is 4.77 Å². The number of aromatic nitrogens is 5. The standard InChI is InChI=1S/C18H13BrN6S/c19-14-8-4-5-12(9-14)11-20-25-17(23-24-18(25)26)16-10-15(21-22-16)13-6-2-1-3-7-13/h1-11H,(H,21,22)(H,24,26)/b20-11+. The molecule has 0 aliphatic heterocycles. The summed E-state index contributed by atoms with van der Waals surface area (Å²) in [5.74, 6) is 0.566. The van der Waals surface area contributed by atoms with E-state index in [0.29, 0.717) is 10.6 Å². The molecular formula is C18H13BrN6S. The van der Waals surface area contributed by atoms with E-state index < -0.39 is 0 Å². The van der Waals surface area contributed by atoms with Gasteiger partial charge < -0.3 is 0 Å². The maximum absolute atomic E-state index is 5.30. The second-order valence-corrected chi connectivity index (χ2v) is 6.80. The molecule has 0 bridgehead atoms. The van der Waals surface area contributed by atoms with Crippen molar-refractivity contribution < 1.29 is 0 Å². The predicted molar refractivity (Wildman–Crippen MR) is 108 cm³/mol. The molecule has 0 saturated carbocycles. The second-order valence-electron chi connectivity index (χ2n) is 5.50. The molecular weight excluding hydrogens is 412 g/mol. The Morgan fingerprint density at radius 2 is 1.85 bits per heavy atom. The van der Waals surface area contributed by atoms with Crippen molar-refractivity contribution >= 4 is 34.4 Å². The zero-order chi connectivity index (χ0) is 17.9. The molecule has 0 spiro atoms. The van der Waals surface area contributed by atoms with Gasteiger partial charge in [-0.15, -0.1) is 0 Å². The molecule has 2 aromatic heterocycles. The minimum Gasteiger partial charge on any atom is -0.274 e. The summed E-state index contributed by atoms with van der Waals surface area (Å²) in [6.45, 7) is 0. The van der Waals surface area contributed by atoms with Crippen LogP contribution in [-0.4, -0.2) is 31.3 Å². The Kier molecular flexibility index (Phi) is 4.59. The molecule has 2 heterocycles. The van der Waals surface area contributed by atoms with Crippen molar-refractivity contribution in [3.63, 3.8) is 0 Å². The lowest BCUT2D eigenvalue weighted by atomic mass is 10.1. The fourth-order valence-electron chi connectivity index (χ4n) is 2.48. The van der Waals surface area contributed by atoms with Gasteiger partial charge in [-0.1, -0.05) is 58.4 Å². The van der Waals surface area contributed by atoms with E-state index in [1.165, 1.54) is 0 Å². The first-order valence-electron chi connectivity index (χ1n) is 7.79. The van der Waals surface area contributed by atoms with E-state index in [0.717, 1.165) is 27.0 Å². The smallest absolute Gasteiger partial charge is 0.216 e. The van der Waals surface area contributed by atoms with Crippen molar-refractivity contribution in [2.45, 2.75) is 0 Å². The monoisotopic (exact) mass is 424 g/mol. The quantitative estimate of drug-likeness (QED) is 0.370. The van der Waals surface area contributed by atoms with Crippen LogP contribution in [0.2, 0.25) is 0 Å². The SMILES string of the molecule is S=c1[nH]nc(-c2cc(-c3ccccc3)n[nH]2)n1/N=C/c1cccc(Br)c1. The van der Waals surface area contributed by atoms with E-state index in [9.17, 15) is 0 Å². The molecule has 0 amide bonds. The molecule has 2 aromatic carbocycles. The van der Waals surface area contributed by atoms with Gasteiger partial charge in [-0.2, -0.15) is 20.0 Å². The van der Waals surface area contributed by atoms with Crippen molar-refractivity contribution in [3.05, 3.63) is 75.5 Å². The second kappa shape index (κ2) is 7.19. The van der Waals surface area contributed by atoms with Gasteiger partial charge in [-0.3, -0.25) is 5.10 Å². The topological polar surface area (TPSA) is 74.7 Å². The van der Waals surface area contributed by atoms with Crippen LogP contribution in [-0.2, 0) is 0 Å². The van der Waals surface area contributed by atoms with Crippen LogP contribution < -0.4 is 0 Å². The minimum absolute atomic E-state index is 0.405. The lowest BCUT2D eigenvalue weighted by Gasteiger charge is -1.98. The van der Waals surface area contributed by atoms with E-state index >= 15 is 0 Å². The number of halogens is 1. The van der Waals surface area contributed by atoms with Crippen molar-refractivity contribution in [2.24, 2.45) is 5.10 Å². The molecule has 0 atom stereocenters. The van der Waals surface area contributed by atoms with Gasteiger partial charge in [0.1, 0.15) is 5.69 Å². The highest BCUT2D eigenvalue weighted by Crippen LogP contribution is 2.22. The van der Waals surface area contributed by atoms with Gasteiger partial charge in [0.25, 0.3) is 0 Å². The van der Waals surface area contributed by atoms with E-state index in [2.05, 4.69) is 41.4 Å². The third-order valence-electron chi connectivity index (χ3n) is 3.71. The van der Waals surface area contributed by atoms with Gasteiger partial charge in [0, 0.05) is 10.0 Å². The number of hydrogen-bond acceptors (Lipinski definition) is 4. The average molecular weight is 425 g/mol. The maximum Gasteiger partial charge on any atom is 0.216 e. The summed E-state index contributed by atoms with van der Waals surface area (Å²) in [6.07, 6.45) is 1.73. The first-order valence-corrected chi connectivity index (χ1v) is 8.99. The molecule has 4 rings (SSSR count). The number of nitrogens with one attached hydrogen (secondary N) is 2. The maximum atomic E-state index is 5.30. The summed E-state index contributed by atoms with van der Waals surface area (Å²) in [5, 5.41) is 18.9. The summed E-state index contributed by atoms with van der Waals surface area (Å²) in [4.78, 5) is 0. The summed E-state index contributed by atoms with van der Waals surface area (Å²) < 4.78 is 2.96. The summed E-state index contributed by atoms with van der Waals surface area (Å²) in [5.41, 5.74) is 3.52. The van der Waals surface area contributed by atoms with Crippen molar-refractivity contribution in [2.75, 3.05) is 0 Å². The molecule has 0 aliphatic rings. The first kappa shape index (κ1) is 16.6. The highest BCUT2D eigenvalue weighted by Gasteiger charge is 2.12. The van der Waals surface area contributed by atoms with Gasteiger partial charge >= 0.3 is 0 Å². The van der Waals surface area contributed by atoms with Gasteiger partial charge in [0.05, 0.1) is 11.9 Å². The summed E-state index contributed by atoms with van der Waals surface area (Å²) in [6, 6.07) is 19.7. The molecule has 2 N–H and O–H groups in total. The predicted octanol–water partition coefficient (Wildman–Crippen LogP) is 4.64. The molecule has 0 unspecified atom stereocenters. The Balaban J connectivity index is 1.69. The van der Waals surface area contributed by atoms with Gasteiger partial charge in [-0.05, 0) is 36.0 Å². The molecule has 8 heteroatoms. The molecule has 0 aliphatic carbocycles. The highest BCUT2D eigenvalue weighted by atomic mass is 79.9. The Bertz CT molecular complexity index is 1130. The molecule has 0 radical (unpaired) electrons. The van der Waals surface area contributed by atoms with Crippen molar-refractivity contribution in [1.82, 2.24) is 25.1 Å². The van der Waals surface area contributed by atoms with Gasteiger partial charge in [0.2, 0.25) is 10.6 Å². The van der Waals surface area contributed by atoms with Crippen LogP contribution in [0.4, 0.5) is 0 Å². The molecule has 0 fully saturated rings. The number of aromatic amines is 2. The molecule has 0 saturated heterocycles. The minimum atomic E-state index is 0.405. The third kappa shape index (κ3) is 3.42. The largest absolute Gasteiger partial charge is 0.274 e. The van der Waals surface area contributed by atoms with Crippen LogP contribution in [0.5, 0.6) is 0 Å². The third-order valence-corrected chi connectivity index (χ3v) is 4.47. The molecule has 6 nitrogen and oxygen atoms in total. The van der Waals surface area contributed by atoms with Crippen LogP contribution in [0.3, 0.4) is 0 Å². The lowest BCUT2D eigenvalue weighted by molar-refractivity contribution is 0.865. The summed E-state index contributed by atoms with van der Waals surface area (Å²) in [7, 11) is 0. The highest BCUT2D eigenvalue weighted by molar-refractivity contribution is 9.10. The number of nitrogens with zero attached hydrogens (tertiary/aromatic N) is 4. The van der Waals surface area contributed by atoms with Crippen LogP contribution in [0.15, 0.2) is 70.2 Å². The molecule has 26 heavy (non-hydrogen) atoms. The van der Waals surface area contributed by atoms with E-state index in [-0.39, 0.29) is 0 Å². The zero-order valence-corrected chi connectivity index (χ0v) is 15.8. The molecule has 4 aromatic rings. The van der Waals surface area contributed by atoms with Crippen molar-refractivity contribution in [1.29, 1.82) is 0 Å². The van der Waals surface area contributed by atoms with E-state index in [1.54, 1.807) is 10.9 Å². The Labute approximate surface area is 162 Å². The number of H-pyrrole nitrogens is 2. The Morgan fingerprint density at radius 1 is 1.00 bits per heavy atom. The van der Waals surface area contributed by atoms with E-state index in [4.69, 9.17) is 12.2 Å². The van der Waals surface area contributed by atoms with Gasteiger partial charge in [0.15, 0.2) is 0 Å². The van der Waals surface area contributed by atoms with Crippen LogP contribution in [0.25, 0.3) is 22.8 Å². The first-order chi connectivity index (χ1) is 12.7. The number of rotatable bonds is 4. The van der Waals surface area contributed by atoms with E-state index in [1.807, 2.05) is 60.7 Å². The Morgan fingerprint density at radius 3 is 2.65 bits per heavy atom. The van der Waals surface area contributed by atoms with Crippen LogP contribution >= 0.6 is 28.1 Å². The van der Waals surface area contributed by atoms with Crippen LogP contribution in [0.1, 0.15) is 5.56 Å². The van der Waals surface area contributed by atoms with Gasteiger partial charge in [-0.25, -0.2) is 5.10 Å². The zero-order valence-electron chi connectivity index (χ0n) is 13.4. The fourth-order valence-corrected chi connectivity index (χ4v) is 3.07. The van der Waals surface area contributed by atoms with Crippen molar-refractivity contribution in [3.8, 4) is 22.8 Å². The molecule has 128 valence electrons. The fraction of sp³-hybridized carbons (Fsp3) is 0. The average Bonchev–Trinajstić information content (AvgIpc) is 3.28. The number of hydrogen-bond donors (Lipinski definition) is 2. The normalized spacial score (nSPS) is 11.3. The number of benzene rings is 2. The lowest BCUT2D eigenvalue weighted by Crippen LogP contribution is -1.95. The summed E-state index contributed by atoms with van der Waals surface area (Å²) >= 11 is 8.75.